The minimum absolute atomic E-state index is 0.0981. The van der Waals surface area contributed by atoms with Crippen LogP contribution in [-0.4, -0.2) is 30.0 Å². The number of esters is 1. The lowest BCUT2D eigenvalue weighted by molar-refractivity contribution is 0.0502. The fourth-order valence-electron chi connectivity index (χ4n) is 1.38. The summed E-state index contributed by atoms with van der Waals surface area (Å²) < 4.78 is 9.71. The van der Waals surface area contributed by atoms with Crippen LogP contribution in [0.5, 0.6) is 0 Å². The van der Waals surface area contributed by atoms with Gasteiger partial charge in [0.15, 0.2) is 0 Å². The van der Waals surface area contributed by atoms with Crippen molar-refractivity contribution in [1.82, 2.24) is 10.3 Å². The molecule has 0 aromatic carbocycles. The zero-order chi connectivity index (χ0) is 13.5. The van der Waals surface area contributed by atoms with Crippen molar-refractivity contribution in [2.24, 2.45) is 0 Å². The van der Waals surface area contributed by atoms with Crippen molar-refractivity contribution in [2.45, 2.75) is 0 Å². The molecular formula is C13H12N2O4. The zero-order valence-electron chi connectivity index (χ0n) is 10.0. The number of hydrogen-bond donors (Lipinski definition) is 1. The van der Waals surface area contributed by atoms with Crippen LogP contribution in [-0.2, 0) is 4.74 Å². The van der Waals surface area contributed by atoms with Crippen molar-refractivity contribution >= 4 is 11.9 Å². The number of hydrogen-bond acceptors (Lipinski definition) is 5. The lowest BCUT2D eigenvalue weighted by atomic mass is 10.2. The summed E-state index contributed by atoms with van der Waals surface area (Å²) >= 11 is 0. The predicted octanol–water partition coefficient (Wildman–Crippen LogP) is 1.26. The molecular weight excluding hydrogens is 248 g/mol. The Hall–Kier alpha value is -2.63. The standard InChI is InChI=1S/C13H12N2O4/c16-12(10-1-4-14-5-2-10)15-6-8-19-13(17)11-3-7-18-9-11/h1-5,7,9H,6,8H2,(H,15,16). The summed E-state index contributed by atoms with van der Waals surface area (Å²) in [6.07, 6.45) is 5.77. The fourth-order valence-corrected chi connectivity index (χ4v) is 1.38. The van der Waals surface area contributed by atoms with Crippen molar-refractivity contribution in [3.8, 4) is 0 Å². The van der Waals surface area contributed by atoms with Gasteiger partial charge in [-0.3, -0.25) is 9.78 Å². The molecule has 0 unspecified atom stereocenters. The van der Waals surface area contributed by atoms with Gasteiger partial charge < -0.3 is 14.5 Å². The van der Waals surface area contributed by atoms with Crippen LogP contribution >= 0.6 is 0 Å². The average molecular weight is 260 g/mol. The molecule has 0 aliphatic rings. The van der Waals surface area contributed by atoms with Gasteiger partial charge in [0, 0.05) is 18.0 Å². The van der Waals surface area contributed by atoms with Crippen molar-refractivity contribution in [2.75, 3.05) is 13.2 Å². The van der Waals surface area contributed by atoms with Crippen LogP contribution in [0.4, 0.5) is 0 Å². The van der Waals surface area contributed by atoms with Gasteiger partial charge in [-0.05, 0) is 18.2 Å². The van der Waals surface area contributed by atoms with Crippen LogP contribution in [0, 0.1) is 0 Å². The molecule has 0 aliphatic carbocycles. The Morgan fingerprint density at radius 2 is 2.00 bits per heavy atom. The van der Waals surface area contributed by atoms with Gasteiger partial charge in [-0.1, -0.05) is 0 Å². The third-order valence-corrected chi connectivity index (χ3v) is 2.32. The molecule has 6 heteroatoms. The Kier molecular flexibility index (Phi) is 4.28. The zero-order valence-corrected chi connectivity index (χ0v) is 10.0. The number of carbonyl (C=O) groups excluding carboxylic acids is 2. The van der Waals surface area contributed by atoms with E-state index < -0.39 is 5.97 Å². The molecule has 0 spiro atoms. The van der Waals surface area contributed by atoms with E-state index in [2.05, 4.69) is 10.3 Å². The Morgan fingerprint density at radius 1 is 1.21 bits per heavy atom. The topological polar surface area (TPSA) is 81.4 Å². The Labute approximate surface area is 109 Å². The molecule has 0 aliphatic heterocycles. The van der Waals surface area contributed by atoms with Crippen molar-refractivity contribution in [3.63, 3.8) is 0 Å². The molecule has 0 radical (unpaired) electrons. The number of carbonyl (C=O) groups is 2. The maximum atomic E-state index is 11.6. The summed E-state index contributed by atoms with van der Waals surface area (Å²) in [7, 11) is 0. The third-order valence-electron chi connectivity index (χ3n) is 2.32. The highest BCUT2D eigenvalue weighted by Gasteiger charge is 2.08. The SMILES string of the molecule is O=C(NCCOC(=O)c1ccoc1)c1ccncc1. The van der Waals surface area contributed by atoms with Gasteiger partial charge in [0.2, 0.25) is 0 Å². The highest BCUT2D eigenvalue weighted by molar-refractivity contribution is 5.94. The second-order valence-electron chi connectivity index (χ2n) is 3.64. The Morgan fingerprint density at radius 3 is 2.68 bits per heavy atom. The first-order valence-electron chi connectivity index (χ1n) is 5.65. The molecule has 2 rings (SSSR count). The molecule has 1 amide bonds. The van der Waals surface area contributed by atoms with E-state index in [-0.39, 0.29) is 19.1 Å². The summed E-state index contributed by atoms with van der Waals surface area (Å²) in [4.78, 5) is 26.9. The van der Waals surface area contributed by atoms with E-state index in [1.807, 2.05) is 0 Å². The van der Waals surface area contributed by atoms with Gasteiger partial charge in [-0.25, -0.2) is 4.79 Å². The lowest BCUT2D eigenvalue weighted by Gasteiger charge is -2.05. The molecule has 19 heavy (non-hydrogen) atoms. The summed E-state index contributed by atoms with van der Waals surface area (Å²) in [5, 5.41) is 2.63. The third kappa shape index (κ3) is 3.67. The van der Waals surface area contributed by atoms with Crippen LogP contribution in [0.3, 0.4) is 0 Å². The number of aromatic nitrogens is 1. The first-order valence-corrected chi connectivity index (χ1v) is 5.65. The number of nitrogens with zero attached hydrogens (tertiary/aromatic N) is 1. The van der Waals surface area contributed by atoms with Gasteiger partial charge in [0.1, 0.15) is 12.9 Å². The summed E-state index contributed by atoms with van der Waals surface area (Å²) in [6.45, 7) is 0.339. The smallest absolute Gasteiger partial charge is 0.341 e. The second-order valence-corrected chi connectivity index (χ2v) is 3.64. The van der Waals surface area contributed by atoms with Gasteiger partial charge >= 0.3 is 5.97 Å². The van der Waals surface area contributed by atoms with Crippen molar-refractivity contribution in [1.29, 1.82) is 0 Å². The van der Waals surface area contributed by atoms with Crippen molar-refractivity contribution < 1.29 is 18.7 Å². The van der Waals surface area contributed by atoms with E-state index in [0.29, 0.717) is 11.1 Å². The van der Waals surface area contributed by atoms with E-state index in [9.17, 15) is 9.59 Å². The highest BCUT2D eigenvalue weighted by atomic mass is 16.5. The molecule has 1 N–H and O–H groups in total. The fraction of sp³-hybridized carbons (Fsp3) is 0.154. The molecule has 0 bridgehead atoms. The minimum atomic E-state index is -0.480. The minimum Gasteiger partial charge on any atom is -0.472 e. The number of amides is 1. The van der Waals surface area contributed by atoms with E-state index in [1.165, 1.54) is 31.0 Å². The Bertz CT molecular complexity index is 537. The number of ether oxygens (including phenoxy) is 1. The number of furan rings is 1. The summed E-state index contributed by atoms with van der Waals surface area (Å²) in [6, 6.07) is 4.72. The van der Waals surface area contributed by atoms with Crippen LogP contribution < -0.4 is 5.32 Å². The molecule has 2 aromatic heterocycles. The van der Waals surface area contributed by atoms with Crippen LogP contribution in [0.25, 0.3) is 0 Å². The van der Waals surface area contributed by atoms with E-state index in [4.69, 9.17) is 9.15 Å². The normalized spacial score (nSPS) is 9.89. The lowest BCUT2D eigenvalue weighted by Crippen LogP contribution is -2.28. The van der Waals surface area contributed by atoms with Crippen LogP contribution in [0.15, 0.2) is 47.5 Å². The largest absolute Gasteiger partial charge is 0.472 e. The molecule has 0 fully saturated rings. The quantitative estimate of drug-likeness (QED) is 0.646. The first-order chi connectivity index (χ1) is 9.27. The van der Waals surface area contributed by atoms with Crippen LogP contribution in [0.2, 0.25) is 0 Å². The van der Waals surface area contributed by atoms with Gasteiger partial charge in [-0.2, -0.15) is 0 Å². The van der Waals surface area contributed by atoms with E-state index >= 15 is 0 Å². The first kappa shape index (κ1) is 12.8. The van der Waals surface area contributed by atoms with Crippen molar-refractivity contribution in [3.05, 3.63) is 54.2 Å². The summed E-state index contributed by atoms with van der Waals surface area (Å²) in [5.41, 5.74) is 0.858. The number of pyridine rings is 1. The molecule has 0 atom stereocenters. The molecule has 0 saturated heterocycles. The number of nitrogens with one attached hydrogen (secondary N) is 1. The predicted molar refractivity (Wildman–Crippen MR) is 65.6 cm³/mol. The van der Waals surface area contributed by atoms with Gasteiger partial charge in [0.05, 0.1) is 18.4 Å². The van der Waals surface area contributed by atoms with E-state index in [1.54, 1.807) is 12.1 Å². The number of rotatable bonds is 5. The maximum Gasteiger partial charge on any atom is 0.341 e. The highest BCUT2D eigenvalue weighted by Crippen LogP contribution is 2.01. The van der Waals surface area contributed by atoms with Gasteiger partial charge in [0.25, 0.3) is 5.91 Å². The molecule has 0 saturated carbocycles. The molecule has 98 valence electrons. The molecule has 2 heterocycles. The molecule has 6 nitrogen and oxygen atoms in total. The van der Waals surface area contributed by atoms with E-state index in [0.717, 1.165) is 0 Å². The molecule has 2 aromatic rings. The second kappa shape index (κ2) is 6.34. The Balaban J connectivity index is 1.70. The maximum absolute atomic E-state index is 11.6. The van der Waals surface area contributed by atoms with Crippen LogP contribution in [0.1, 0.15) is 20.7 Å². The summed E-state index contributed by atoms with van der Waals surface area (Å²) in [5.74, 6) is -0.714. The van der Waals surface area contributed by atoms with Gasteiger partial charge in [-0.15, -0.1) is 0 Å². The monoisotopic (exact) mass is 260 g/mol. The average Bonchev–Trinajstić information content (AvgIpc) is 2.98.